The van der Waals surface area contributed by atoms with Crippen LogP contribution in [-0.2, 0) is 5.88 Å². The molecule has 20 heavy (non-hydrogen) atoms. The summed E-state index contributed by atoms with van der Waals surface area (Å²) in [6, 6.07) is 14.3. The Kier molecular flexibility index (Phi) is 4.77. The third-order valence-electron chi connectivity index (χ3n) is 3.03. The maximum absolute atomic E-state index is 12.2. The summed E-state index contributed by atoms with van der Waals surface area (Å²) in [5.74, 6) is 0.214. The molecule has 1 amide bonds. The highest BCUT2D eigenvalue weighted by atomic mass is 35.5. The molecule has 0 aliphatic carbocycles. The molecule has 0 fully saturated rings. The zero-order valence-corrected chi connectivity index (χ0v) is 11.9. The largest absolute Gasteiger partial charge is 0.389 e. The van der Waals surface area contributed by atoms with Gasteiger partial charge in [0.05, 0.1) is 6.10 Å². The minimum atomic E-state index is -0.634. The van der Waals surface area contributed by atoms with E-state index < -0.39 is 6.10 Å². The Morgan fingerprint density at radius 2 is 1.85 bits per heavy atom. The molecule has 2 N–H and O–H groups in total. The summed E-state index contributed by atoms with van der Waals surface area (Å²) in [6.07, 6.45) is -0.634. The van der Waals surface area contributed by atoms with Gasteiger partial charge in [-0.1, -0.05) is 30.3 Å². The van der Waals surface area contributed by atoms with Gasteiger partial charge in [-0.15, -0.1) is 11.6 Å². The van der Waals surface area contributed by atoms with Crippen LogP contribution in [0.3, 0.4) is 0 Å². The van der Waals surface area contributed by atoms with Crippen LogP contribution in [-0.4, -0.2) is 11.0 Å². The van der Waals surface area contributed by atoms with Gasteiger partial charge < -0.3 is 10.4 Å². The number of para-hydroxylation sites is 1. The van der Waals surface area contributed by atoms with Gasteiger partial charge in [0.15, 0.2) is 0 Å². The molecule has 0 aliphatic rings. The Bertz CT molecular complexity index is 594. The number of alkyl halides is 1. The lowest BCUT2D eigenvalue weighted by molar-refractivity contribution is 0.102. The number of nitrogens with one attached hydrogen (secondary N) is 1. The molecule has 2 aromatic rings. The topological polar surface area (TPSA) is 49.3 Å². The van der Waals surface area contributed by atoms with Gasteiger partial charge in [0.25, 0.3) is 5.91 Å². The Balaban J connectivity index is 2.19. The molecule has 0 aromatic heterocycles. The van der Waals surface area contributed by atoms with E-state index in [-0.39, 0.29) is 5.91 Å². The second kappa shape index (κ2) is 6.55. The summed E-state index contributed by atoms with van der Waals surface area (Å²) in [6.45, 7) is 1.67. The van der Waals surface area contributed by atoms with Crippen LogP contribution in [0.25, 0.3) is 0 Å². The highest BCUT2D eigenvalue weighted by Gasteiger charge is 2.11. The maximum Gasteiger partial charge on any atom is 0.255 e. The fourth-order valence-corrected chi connectivity index (χ4v) is 2.09. The lowest BCUT2D eigenvalue weighted by atomic mass is 10.1. The molecular formula is C16H16ClNO2. The lowest BCUT2D eigenvalue weighted by Crippen LogP contribution is -2.13. The van der Waals surface area contributed by atoms with E-state index in [1.165, 1.54) is 0 Å². The van der Waals surface area contributed by atoms with Crippen molar-refractivity contribution in [3.05, 3.63) is 65.2 Å². The smallest absolute Gasteiger partial charge is 0.255 e. The van der Waals surface area contributed by atoms with Crippen molar-refractivity contribution in [2.75, 3.05) is 5.32 Å². The van der Waals surface area contributed by atoms with Crippen molar-refractivity contribution in [1.29, 1.82) is 0 Å². The van der Waals surface area contributed by atoms with Gasteiger partial charge in [0, 0.05) is 22.7 Å². The molecule has 0 spiro atoms. The van der Waals surface area contributed by atoms with E-state index in [0.717, 1.165) is 5.56 Å². The number of halogens is 1. The van der Waals surface area contributed by atoms with Gasteiger partial charge >= 0.3 is 0 Å². The molecule has 1 atom stereocenters. The van der Waals surface area contributed by atoms with Crippen LogP contribution in [0, 0.1) is 0 Å². The molecule has 0 bridgehead atoms. The first kappa shape index (κ1) is 14.6. The number of carbonyl (C=O) groups excluding carboxylic acids is 1. The molecule has 104 valence electrons. The van der Waals surface area contributed by atoms with Crippen molar-refractivity contribution in [3.8, 4) is 0 Å². The number of carbonyl (C=O) groups is 1. The van der Waals surface area contributed by atoms with Crippen molar-refractivity contribution in [2.45, 2.75) is 18.9 Å². The van der Waals surface area contributed by atoms with Crippen LogP contribution in [0.2, 0.25) is 0 Å². The summed E-state index contributed by atoms with van der Waals surface area (Å²) in [5, 5.41) is 12.5. The van der Waals surface area contributed by atoms with E-state index in [1.807, 2.05) is 24.3 Å². The SMILES string of the molecule is CC(O)c1ccccc1NC(=O)c1ccc(CCl)cc1. The second-order valence-corrected chi connectivity index (χ2v) is 4.82. The molecular weight excluding hydrogens is 274 g/mol. The number of amides is 1. The van der Waals surface area contributed by atoms with Crippen LogP contribution in [0.1, 0.15) is 34.5 Å². The van der Waals surface area contributed by atoms with Crippen molar-refractivity contribution in [2.24, 2.45) is 0 Å². The van der Waals surface area contributed by atoms with E-state index in [0.29, 0.717) is 22.7 Å². The highest BCUT2D eigenvalue weighted by molar-refractivity contribution is 6.17. The zero-order valence-electron chi connectivity index (χ0n) is 11.1. The fraction of sp³-hybridized carbons (Fsp3) is 0.188. The fourth-order valence-electron chi connectivity index (χ4n) is 1.91. The number of aliphatic hydroxyl groups excluding tert-OH is 1. The average molecular weight is 290 g/mol. The van der Waals surface area contributed by atoms with E-state index in [9.17, 15) is 9.90 Å². The van der Waals surface area contributed by atoms with E-state index in [4.69, 9.17) is 11.6 Å². The van der Waals surface area contributed by atoms with E-state index in [2.05, 4.69) is 5.32 Å². The van der Waals surface area contributed by atoms with Crippen molar-refractivity contribution in [1.82, 2.24) is 0 Å². The Hall–Kier alpha value is -1.84. The number of rotatable bonds is 4. The normalized spacial score (nSPS) is 11.9. The van der Waals surface area contributed by atoms with Crippen molar-refractivity contribution < 1.29 is 9.90 Å². The Morgan fingerprint density at radius 1 is 1.20 bits per heavy atom. The average Bonchev–Trinajstić information content (AvgIpc) is 2.47. The molecule has 0 heterocycles. The van der Waals surface area contributed by atoms with Gasteiger partial charge in [0.1, 0.15) is 0 Å². The predicted octanol–water partition coefficient (Wildman–Crippen LogP) is 3.73. The Morgan fingerprint density at radius 3 is 2.45 bits per heavy atom. The summed E-state index contributed by atoms with van der Waals surface area (Å²) in [7, 11) is 0. The number of hydrogen-bond acceptors (Lipinski definition) is 2. The number of benzene rings is 2. The van der Waals surface area contributed by atoms with E-state index in [1.54, 1.807) is 31.2 Å². The van der Waals surface area contributed by atoms with Gasteiger partial charge in [0.2, 0.25) is 0 Å². The molecule has 0 aliphatic heterocycles. The molecule has 0 saturated carbocycles. The summed E-state index contributed by atoms with van der Waals surface area (Å²) in [5.41, 5.74) is 2.83. The van der Waals surface area contributed by atoms with Crippen molar-refractivity contribution in [3.63, 3.8) is 0 Å². The first-order valence-electron chi connectivity index (χ1n) is 6.35. The first-order chi connectivity index (χ1) is 9.61. The van der Waals surface area contributed by atoms with Crippen LogP contribution in [0.5, 0.6) is 0 Å². The zero-order chi connectivity index (χ0) is 14.5. The third-order valence-corrected chi connectivity index (χ3v) is 3.34. The van der Waals surface area contributed by atoms with Crippen LogP contribution < -0.4 is 5.32 Å². The van der Waals surface area contributed by atoms with Crippen LogP contribution in [0.4, 0.5) is 5.69 Å². The third kappa shape index (κ3) is 3.38. The molecule has 0 saturated heterocycles. The van der Waals surface area contributed by atoms with Crippen LogP contribution >= 0.6 is 11.6 Å². The van der Waals surface area contributed by atoms with Crippen LogP contribution in [0.15, 0.2) is 48.5 Å². The maximum atomic E-state index is 12.2. The molecule has 4 heteroatoms. The summed E-state index contributed by atoms with van der Waals surface area (Å²) in [4.78, 5) is 12.2. The van der Waals surface area contributed by atoms with Gasteiger partial charge in [-0.3, -0.25) is 4.79 Å². The molecule has 0 radical (unpaired) electrons. The lowest BCUT2D eigenvalue weighted by Gasteiger charge is -2.13. The Labute approximate surface area is 123 Å². The number of hydrogen-bond donors (Lipinski definition) is 2. The molecule has 3 nitrogen and oxygen atoms in total. The standard InChI is InChI=1S/C16H16ClNO2/c1-11(19)14-4-2-3-5-15(14)18-16(20)13-8-6-12(10-17)7-9-13/h2-9,11,19H,10H2,1H3,(H,18,20). The summed E-state index contributed by atoms with van der Waals surface area (Å²) >= 11 is 5.72. The highest BCUT2D eigenvalue weighted by Crippen LogP contribution is 2.22. The molecule has 1 unspecified atom stereocenters. The van der Waals surface area contributed by atoms with Gasteiger partial charge in [-0.25, -0.2) is 0 Å². The number of aliphatic hydroxyl groups is 1. The monoisotopic (exact) mass is 289 g/mol. The quantitative estimate of drug-likeness (QED) is 0.843. The minimum absolute atomic E-state index is 0.209. The first-order valence-corrected chi connectivity index (χ1v) is 6.88. The van der Waals surface area contributed by atoms with Gasteiger partial charge in [-0.2, -0.15) is 0 Å². The van der Waals surface area contributed by atoms with Gasteiger partial charge in [-0.05, 0) is 30.7 Å². The summed E-state index contributed by atoms with van der Waals surface area (Å²) < 4.78 is 0. The second-order valence-electron chi connectivity index (χ2n) is 4.55. The van der Waals surface area contributed by atoms with Crippen molar-refractivity contribution >= 4 is 23.2 Å². The molecule has 2 rings (SSSR count). The van der Waals surface area contributed by atoms with E-state index >= 15 is 0 Å². The number of anilines is 1. The minimum Gasteiger partial charge on any atom is -0.389 e. The molecule has 2 aromatic carbocycles. The predicted molar refractivity (Wildman–Crippen MR) is 81.0 cm³/mol.